The molecule has 29 heavy (non-hydrogen) atoms. The highest BCUT2D eigenvalue weighted by atomic mass is 16.6. The summed E-state index contributed by atoms with van der Waals surface area (Å²) in [4.78, 5) is 38.4. The Labute approximate surface area is 168 Å². The van der Waals surface area contributed by atoms with Gasteiger partial charge in [-0.05, 0) is 42.7 Å². The Morgan fingerprint density at radius 3 is 2.59 bits per heavy atom. The third-order valence-corrected chi connectivity index (χ3v) is 5.43. The van der Waals surface area contributed by atoms with Gasteiger partial charge in [0.15, 0.2) is 5.78 Å². The van der Waals surface area contributed by atoms with Crippen LogP contribution in [0.4, 0.5) is 17.1 Å². The normalized spacial score (nSPS) is 18.4. The number of nitrogens with one attached hydrogen (secondary N) is 1. The fraction of sp³-hybridized carbons (Fsp3) is 0.273. The molecule has 1 aliphatic heterocycles. The summed E-state index contributed by atoms with van der Waals surface area (Å²) in [5.41, 5.74) is 3.52. The number of non-ortho nitro benzene ring substituents is 1. The maximum absolute atomic E-state index is 13.1. The topological polar surface area (TPSA) is 92.6 Å². The molecule has 1 heterocycles. The third-order valence-electron chi connectivity index (χ3n) is 5.43. The van der Waals surface area contributed by atoms with Crippen molar-refractivity contribution < 1.29 is 14.5 Å². The van der Waals surface area contributed by atoms with E-state index < -0.39 is 11.0 Å². The Balaban J connectivity index is 1.96. The van der Waals surface area contributed by atoms with Crippen LogP contribution in [-0.2, 0) is 9.59 Å². The first-order valence-electron chi connectivity index (χ1n) is 9.70. The molecule has 148 valence electrons. The Bertz CT molecular complexity index is 1030. The van der Waals surface area contributed by atoms with Gasteiger partial charge in [0.2, 0.25) is 5.91 Å². The molecule has 2 aromatic rings. The monoisotopic (exact) mass is 391 g/mol. The van der Waals surface area contributed by atoms with E-state index in [0.717, 1.165) is 17.8 Å². The van der Waals surface area contributed by atoms with Gasteiger partial charge >= 0.3 is 0 Å². The van der Waals surface area contributed by atoms with Crippen molar-refractivity contribution in [2.24, 2.45) is 0 Å². The van der Waals surface area contributed by atoms with Crippen molar-refractivity contribution in [1.82, 2.24) is 0 Å². The summed E-state index contributed by atoms with van der Waals surface area (Å²) in [6.07, 6.45) is 2.16. The minimum Gasteiger partial charge on any atom is -0.357 e. The molecule has 2 aromatic carbocycles. The van der Waals surface area contributed by atoms with Crippen molar-refractivity contribution in [1.29, 1.82) is 0 Å². The van der Waals surface area contributed by atoms with Crippen LogP contribution in [0, 0.1) is 10.1 Å². The van der Waals surface area contributed by atoms with E-state index in [0.29, 0.717) is 29.7 Å². The highest BCUT2D eigenvalue weighted by molar-refractivity contribution is 6.06. The first kappa shape index (κ1) is 18.9. The number of nitro groups is 1. The van der Waals surface area contributed by atoms with E-state index in [1.54, 1.807) is 24.0 Å². The number of anilines is 2. The standard InChI is InChI=1S/C22H21N3O4/c1-2-20(27)24-18-8-4-3-6-16(18)23-17-7-5-9-19(26)21(17)22(24)14-10-12-15(13-11-14)25(28)29/h3-4,6,8,10-13,22-23H,2,5,7,9H2,1H3/t22-/m1/s1. The number of carbonyl (C=O) groups excluding carboxylic acids is 2. The second-order valence-electron chi connectivity index (χ2n) is 7.18. The smallest absolute Gasteiger partial charge is 0.269 e. The Hall–Kier alpha value is -3.48. The zero-order valence-corrected chi connectivity index (χ0v) is 16.1. The van der Waals surface area contributed by atoms with Gasteiger partial charge in [0.25, 0.3) is 5.69 Å². The molecular formula is C22H21N3O4. The molecule has 0 saturated carbocycles. The number of hydrogen-bond donors (Lipinski definition) is 1. The number of nitro benzene ring substituents is 1. The van der Waals surface area contributed by atoms with Gasteiger partial charge in [0.05, 0.1) is 22.3 Å². The molecular weight excluding hydrogens is 370 g/mol. The zero-order valence-electron chi connectivity index (χ0n) is 16.1. The van der Waals surface area contributed by atoms with E-state index in [9.17, 15) is 19.7 Å². The van der Waals surface area contributed by atoms with Crippen molar-refractivity contribution in [3.8, 4) is 0 Å². The van der Waals surface area contributed by atoms with Crippen molar-refractivity contribution in [3.63, 3.8) is 0 Å². The Morgan fingerprint density at radius 2 is 1.90 bits per heavy atom. The molecule has 4 rings (SSSR count). The fourth-order valence-corrected chi connectivity index (χ4v) is 4.07. The molecule has 1 atom stereocenters. The van der Waals surface area contributed by atoms with E-state index in [1.807, 2.05) is 24.3 Å². The summed E-state index contributed by atoms with van der Waals surface area (Å²) in [5, 5.41) is 14.5. The van der Waals surface area contributed by atoms with Gasteiger partial charge in [-0.15, -0.1) is 0 Å². The quantitative estimate of drug-likeness (QED) is 0.614. The van der Waals surface area contributed by atoms with E-state index >= 15 is 0 Å². The minimum absolute atomic E-state index is 0.00353. The molecule has 7 heteroatoms. The van der Waals surface area contributed by atoms with Gasteiger partial charge in [-0.25, -0.2) is 0 Å². The number of benzene rings is 2. The van der Waals surface area contributed by atoms with Crippen LogP contribution < -0.4 is 10.2 Å². The lowest BCUT2D eigenvalue weighted by Gasteiger charge is -2.33. The van der Waals surface area contributed by atoms with Crippen LogP contribution in [0.25, 0.3) is 0 Å². The molecule has 0 radical (unpaired) electrons. The number of allylic oxidation sites excluding steroid dienone is 1. The van der Waals surface area contributed by atoms with Crippen LogP contribution in [0.5, 0.6) is 0 Å². The van der Waals surface area contributed by atoms with Crippen molar-refractivity contribution in [2.45, 2.75) is 38.6 Å². The summed E-state index contributed by atoms with van der Waals surface area (Å²) in [6.45, 7) is 1.79. The number of Topliss-reactive ketones (excluding diaryl/α,β-unsaturated/α-hetero) is 1. The number of rotatable bonds is 3. The molecule has 0 bridgehead atoms. The first-order valence-corrected chi connectivity index (χ1v) is 9.70. The first-order chi connectivity index (χ1) is 14.0. The van der Waals surface area contributed by atoms with E-state index in [4.69, 9.17) is 0 Å². The van der Waals surface area contributed by atoms with E-state index in [1.165, 1.54) is 12.1 Å². The largest absolute Gasteiger partial charge is 0.357 e. The molecule has 0 aromatic heterocycles. The number of fused-ring (bicyclic) bond motifs is 1. The van der Waals surface area contributed by atoms with Gasteiger partial charge in [-0.1, -0.05) is 19.1 Å². The average Bonchev–Trinajstić information content (AvgIpc) is 2.88. The van der Waals surface area contributed by atoms with Crippen LogP contribution in [0.2, 0.25) is 0 Å². The predicted octanol–water partition coefficient (Wildman–Crippen LogP) is 4.51. The predicted molar refractivity (Wildman–Crippen MR) is 110 cm³/mol. The second-order valence-corrected chi connectivity index (χ2v) is 7.18. The maximum Gasteiger partial charge on any atom is 0.269 e. The van der Waals surface area contributed by atoms with E-state index in [-0.39, 0.29) is 23.8 Å². The number of carbonyl (C=O) groups is 2. The van der Waals surface area contributed by atoms with E-state index in [2.05, 4.69) is 5.32 Å². The lowest BCUT2D eigenvalue weighted by atomic mass is 9.85. The number of ketones is 1. The van der Waals surface area contributed by atoms with Crippen LogP contribution in [0.1, 0.15) is 44.2 Å². The van der Waals surface area contributed by atoms with Gasteiger partial charge in [-0.3, -0.25) is 24.6 Å². The summed E-state index contributed by atoms with van der Waals surface area (Å²) in [7, 11) is 0. The number of hydrogen-bond acceptors (Lipinski definition) is 5. The SMILES string of the molecule is CCC(=O)N1c2ccccc2NC2=C(C(=O)CCC2)[C@H]1c1ccc([N+](=O)[O-])cc1. The van der Waals surface area contributed by atoms with Crippen molar-refractivity contribution >= 4 is 28.8 Å². The van der Waals surface area contributed by atoms with Crippen molar-refractivity contribution in [3.05, 3.63) is 75.5 Å². The molecule has 0 saturated heterocycles. The van der Waals surface area contributed by atoms with Crippen LogP contribution in [0.15, 0.2) is 59.8 Å². The fourth-order valence-electron chi connectivity index (χ4n) is 4.07. The second kappa shape index (κ2) is 7.50. The number of amides is 1. The summed E-state index contributed by atoms with van der Waals surface area (Å²) in [6, 6.07) is 13.0. The van der Waals surface area contributed by atoms with Crippen LogP contribution in [-0.4, -0.2) is 16.6 Å². The number of para-hydroxylation sites is 2. The Kier molecular flexibility index (Phi) is 4.88. The van der Waals surface area contributed by atoms with Gasteiger partial charge in [-0.2, -0.15) is 0 Å². The van der Waals surface area contributed by atoms with Crippen molar-refractivity contribution in [2.75, 3.05) is 10.2 Å². The minimum atomic E-state index is -0.623. The molecule has 7 nitrogen and oxygen atoms in total. The van der Waals surface area contributed by atoms with Gasteiger partial charge in [0, 0.05) is 36.2 Å². The van der Waals surface area contributed by atoms with Gasteiger partial charge in [0.1, 0.15) is 0 Å². The molecule has 0 spiro atoms. The Morgan fingerprint density at radius 1 is 1.17 bits per heavy atom. The molecule has 1 aliphatic carbocycles. The summed E-state index contributed by atoms with van der Waals surface area (Å²) in [5.74, 6) is -0.112. The summed E-state index contributed by atoms with van der Waals surface area (Å²) >= 11 is 0. The van der Waals surface area contributed by atoms with Crippen LogP contribution in [0.3, 0.4) is 0 Å². The molecule has 2 aliphatic rings. The summed E-state index contributed by atoms with van der Waals surface area (Å²) < 4.78 is 0. The lowest BCUT2D eigenvalue weighted by molar-refractivity contribution is -0.384. The highest BCUT2D eigenvalue weighted by Gasteiger charge is 2.39. The van der Waals surface area contributed by atoms with Crippen LogP contribution >= 0.6 is 0 Å². The highest BCUT2D eigenvalue weighted by Crippen LogP contribution is 2.45. The average molecular weight is 391 g/mol. The number of nitrogens with zero attached hydrogens (tertiary/aromatic N) is 2. The third kappa shape index (κ3) is 3.29. The maximum atomic E-state index is 13.1. The molecule has 0 unspecified atom stereocenters. The van der Waals surface area contributed by atoms with Gasteiger partial charge < -0.3 is 5.32 Å². The lowest BCUT2D eigenvalue weighted by Crippen LogP contribution is -2.37. The zero-order chi connectivity index (χ0) is 20.5. The molecule has 1 N–H and O–H groups in total. The molecule has 0 fully saturated rings. The molecule has 1 amide bonds.